The molecule has 1 heterocycles. The number of esters is 1. The number of benzene rings is 2. The molecular weight excluding hydrogens is 410 g/mol. The lowest BCUT2D eigenvalue weighted by Gasteiger charge is -2.13. The number of ether oxygens (including phenoxy) is 3. The first-order valence-electron chi connectivity index (χ1n) is 8.90. The number of anilines is 1. The zero-order chi connectivity index (χ0) is 21.7. The molecule has 0 aliphatic carbocycles. The van der Waals surface area contributed by atoms with Gasteiger partial charge in [0, 0.05) is 6.54 Å². The van der Waals surface area contributed by atoms with Crippen molar-refractivity contribution in [3.8, 4) is 17.2 Å². The van der Waals surface area contributed by atoms with Gasteiger partial charge in [-0.15, -0.1) is 0 Å². The summed E-state index contributed by atoms with van der Waals surface area (Å²) in [6, 6.07) is 12.0. The molecule has 1 aromatic heterocycles. The molecule has 0 atom stereocenters. The van der Waals surface area contributed by atoms with Crippen molar-refractivity contribution in [1.29, 1.82) is 0 Å². The number of carbonyl (C=O) groups excluding carboxylic acids is 1. The van der Waals surface area contributed by atoms with Gasteiger partial charge in [0.05, 0.1) is 44.5 Å². The summed E-state index contributed by atoms with van der Waals surface area (Å²) in [4.78, 5) is 24.8. The Hall–Kier alpha value is -3.52. The van der Waals surface area contributed by atoms with Crippen LogP contribution in [0.3, 0.4) is 0 Å². The molecule has 0 aliphatic rings. The van der Waals surface area contributed by atoms with Crippen molar-refractivity contribution in [2.75, 3.05) is 26.6 Å². The van der Waals surface area contributed by atoms with E-state index >= 15 is 0 Å². The number of nitrogens with zero attached hydrogens (tertiary/aromatic N) is 2. The Bertz CT molecular complexity index is 1130. The predicted octanol–water partition coefficient (Wildman–Crippen LogP) is 3.30. The molecule has 0 spiro atoms. The Morgan fingerprint density at radius 1 is 1.10 bits per heavy atom. The van der Waals surface area contributed by atoms with Gasteiger partial charge >= 0.3 is 5.97 Å². The average Bonchev–Trinajstić information content (AvgIpc) is 2.79. The molecule has 0 saturated heterocycles. The summed E-state index contributed by atoms with van der Waals surface area (Å²) in [6.07, 6.45) is 1.43. The van der Waals surface area contributed by atoms with Crippen LogP contribution in [0.5, 0.6) is 11.5 Å². The van der Waals surface area contributed by atoms with E-state index in [2.05, 4.69) is 10.4 Å². The van der Waals surface area contributed by atoms with Crippen LogP contribution >= 0.6 is 11.6 Å². The summed E-state index contributed by atoms with van der Waals surface area (Å²) in [5.41, 5.74) is 1.18. The Labute approximate surface area is 178 Å². The van der Waals surface area contributed by atoms with Crippen LogP contribution in [0.25, 0.3) is 5.69 Å². The van der Waals surface area contributed by atoms with Crippen LogP contribution in [0, 0.1) is 0 Å². The second kappa shape index (κ2) is 9.32. The number of aromatic nitrogens is 2. The average molecular weight is 430 g/mol. The molecule has 0 bridgehead atoms. The first kappa shape index (κ1) is 21.2. The Morgan fingerprint density at radius 2 is 1.83 bits per heavy atom. The summed E-state index contributed by atoms with van der Waals surface area (Å²) >= 11 is 6.29. The van der Waals surface area contributed by atoms with E-state index in [9.17, 15) is 9.59 Å². The SMILES string of the molecule is COC(=O)c1ccccc1-n1ncc(NCc2ccc(OC)c(OC)c2)c(Cl)c1=O. The van der Waals surface area contributed by atoms with Crippen molar-refractivity contribution in [2.24, 2.45) is 0 Å². The maximum atomic E-state index is 12.8. The second-order valence-electron chi connectivity index (χ2n) is 6.14. The van der Waals surface area contributed by atoms with Gasteiger partial charge in [0.2, 0.25) is 0 Å². The molecule has 0 aliphatic heterocycles. The quantitative estimate of drug-likeness (QED) is 0.576. The van der Waals surface area contributed by atoms with E-state index in [1.165, 1.54) is 13.3 Å². The number of methoxy groups -OCH3 is 3. The van der Waals surface area contributed by atoms with E-state index in [4.69, 9.17) is 25.8 Å². The lowest BCUT2D eigenvalue weighted by atomic mass is 10.2. The summed E-state index contributed by atoms with van der Waals surface area (Å²) in [5, 5.41) is 7.20. The number of hydrogen-bond donors (Lipinski definition) is 1. The molecule has 156 valence electrons. The molecule has 3 aromatic rings. The van der Waals surface area contributed by atoms with Crippen LogP contribution in [0.15, 0.2) is 53.5 Å². The highest BCUT2D eigenvalue weighted by atomic mass is 35.5. The normalized spacial score (nSPS) is 10.4. The number of halogens is 1. The minimum atomic E-state index is -0.578. The van der Waals surface area contributed by atoms with E-state index in [1.807, 2.05) is 12.1 Å². The number of hydrogen-bond acceptors (Lipinski definition) is 7. The molecule has 0 unspecified atom stereocenters. The summed E-state index contributed by atoms with van der Waals surface area (Å²) in [6.45, 7) is 0.379. The first-order chi connectivity index (χ1) is 14.5. The van der Waals surface area contributed by atoms with Crippen LogP contribution in [-0.2, 0) is 11.3 Å². The van der Waals surface area contributed by atoms with Crippen molar-refractivity contribution in [3.63, 3.8) is 0 Å². The third-order valence-electron chi connectivity index (χ3n) is 4.39. The lowest BCUT2D eigenvalue weighted by Crippen LogP contribution is -2.24. The Balaban J connectivity index is 1.88. The topological polar surface area (TPSA) is 91.7 Å². The number of rotatable bonds is 7. The van der Waals surface area contributed by atoms with Crippen molar-refractivity contribution in [1.82, 2.24) is 9.78 Å². The maximum absolute atomic E-state index is 12.8. The standard InChI is InChI=1S/C21H20ClN3O5/c1-28-17-9-8-13(10-18(17)29-2)11-23-15-12-24-25(20(26)19(15)22)16-7-5-4-6-14(16)21(27)30-3/h4-10,12,23H,11H2,1-3H3. The zero-order valence-electron chi connectivity index (χ0n) is 16.6. The third kappa shape index (κ3) is 4.23. The molecule has 0 fully saturated rings. The van der Waals surface area contributed by atoms with Gasteiger partial charge in [0.1, 0.15) is 5.02 Å². The Kier molecular flexibility index (Phi) is 6.58. The molecule has 9 heteroatoms. The van der Waals surface area contributed by atoms with E-state index < -0.39 is 11.5 Å². The monoisotopic (exact) mass is 429 g/mol. The minimum absolute atomic E-state index is 0.0508. The highest BCUT2D eigenvalue weighted by Crippen LogP contribution is 2.28. The summed E-state index contributed by atoms with van der Waals surface area (Å²) in [5.74, 6) is 0.634. The summed E-state index contributed by atoms with van der Waals surface area (Å²) in [7, 11) is 4.39. The molecule has 0 saturated carbocycles. The van der Waals surface area contributed by atoms with Crippen molar-refractivity contribution in [3.05, 3.63) is 75.2 Å². The fourth-order valence-corrected chi connectivity index (χ4v) is 3.05. The number of nitrogens with one attached hydrogen (secondary N) is 1. The molecular formula is C21H20ClN3O5. The van der Waals surface area contributed by atoms with Crippen LogP contribution in [0.4, 0.5) is 5.69 Å². The fourth-order valence-electron chi connectivity index (χ4n) is 2.86. The van der Waals surface area contributed by atoms with Gasteiger partial charge in [0.25, 0.3) is 5.56 Å². The fraction of sp³-hybridized carbons (Fsp3) is 0.190. The van der Waals surface area contributed by atoms with Gasteiger partial charge in [-0.3, -0.25) is 4.79 Å². The van der Waals surface area contributed by atoms with E-state index in [-0.39, 0.29) is 16.3 Å². The molecule has 0 amide bonds. The van der Waals surface area contributed by atoms with Gasteiger partial charge in [-0.25, -0.2) is 4.79 Å². The van der Waals surface area contributed by atoms with Crippen molar-refractivity contribution >= 4 is 23.3 Å². The molecule has 1 N–H and O–H groups in total. The largest absolute Gasteiger partial charge is 0.493 e. The maximum Gasteiger partial charge on any atom is 0.340 e. The first-order valence-corrected chi connectivity index (χ1v) is 9.28. The second-order valence-corrected chi connectivity index (χ2v) is 6.52. The highest BCUT2D eigenvalue weighted by molar-refractivity contribution is 6.32. The molecule has 0 radical (unpaired) electrons. The van der Waals surface area contributed by atoms with Gasteiger partial charge in [-0.2, -0.15) is 9.78 Å². The third-order valence-corrected chi connectivity index (χ3v) is 4.75. The highest BCUT2D eigenvalue weighted by Gasteiger charge is 2.17. The van der Waals surface area contributed by atoms with E-state index in [0.29, 0.717) is 23.7 Å². The van der Waals surface area contributed by atoms with E-state index in [1.54, 1.807) is 44.6 Å². The van der Waals surface area contributed by atoms with Gasteiger partial charge in [-0.05, 0) is 29.8 Å². The summed E-state index contributed by atoms with van der Waals surface area (Å²) < 4.78 is 16.4. The minimum Gasteiger partial charge on any atom is -0.493 e. The van der Waals surface area contributed by atoms with Crippen molar-refractivity contribution < 1.29 is 19.0 Å². The predicted molar refractivity (Wildman–Crippen MR) is 113 cm³/mol. The van der Waals surface area contributed by atoms with Crippen molar-refractivity contribution in [2.45, 2.75) is 6.54 Å². The zero-order valence-corrected chi connectivity index (χ0v) is 17.4. The molecule has 30 heavy (non-hydrogen) atoms. The van der Waals surface area contributed by atoms with E-state index in [0.717, 1.165) is 10.2 Å². The number of para-hydroxylation sites is 1. The molecule has 2 aromatic carbocycles. The molecule has 3 rings (SSSR count). The van der Waals surface area contributed by atoms with Crippen LogP contribution in [0.1, 0.15) is 15.9 Å². The van der Waals surface area contributed by atoms with Gasteiger partial charge in [0.15, 0.2) is 11.5 Å². The van der Waals surface area contributed by atoms with Crippen LogP contribution in [-0.4, -0.2) is 37.1 Å². The lowest BCUT2D eigenvalue weighted by molar-refractivity contribution is 0.0600. The molecule has 8 nitrogen and oxygen atoms in total. The smallest absolute Gasteiger partial charge is 0.340 e. The van der Waals surface area contributed by atoms with Crippen LogP contribution < -0.4 is 20.3 Å². The Morgan fingerprint density at radius 3 is 2.53 bits per heavy atom. The van der Waals surface area contributed by atoms with Gasteiger partial charge < -0.3 is 19.5 Å². The van der Waals surface area contributed by atoms with Gasteiger partial charge in [-0.1, -0.05) is 29.8 Å². The number of carbonyl (C=O) groups is 1. The van der Waals surface area contributed by atoms with Crippen LogP contribution in [0.2, 0.25) is 5.02 Å².